The fourth-order valence-electron chi connectivity index (χ4n) is 4.17. The summed E-state index contributed by atoms with van der Waals surface area (Å²) in [5.74, 6) is 0.478. The van der Waals surface area contributed by atoms with Crippen LogP contribution in [-0.2, 0) is 4.74 Å². The van der Waals surface area contributed by atoms with Crippen molar-refractivity contribution < 1.29 is 46.0 Å². The highest BCUT2D eigenvalue weighted by Gasteiger charge is 2.41. The number of aliphatic hydroxyl groups excluding tert-OH is 2. The summed E-state index contributed by atoms with van der Waals surface area (Å²) in [6.07, 6.45) is -1.92. The molecule has 0 fully saturated rings. The van der Waals surface area contributed by atoms with Gasteiger partial charge in [0.25, 0.3) is 0 Å². The molecule has 0 aliphatic heterocycles. The fraction of sp³-hybridized carbons (Fsp3) is 0.481. The molecule has 3 rings (SSSR count). The summed E-state index contributed by atoms with van der Waals surface area (Å²) in [5, 5.41) is 19.1. The molecule has 38 heavy (non-hydrogen) atoms. The van der Waals surface area contributed by atoms with Crippen LogP contribution < -0.4 is 9.64 Å². The zero-order valence-corrected chi connectivity index (χ0v) is 21.0. The van der Waals surface area contributed by atoms with Crippen molar-refractivity contribution in [2.45, 2.75) is 56.9 Å². The second-order valence-corrected chi connectivity index (χ2v) is 10.0. The Hall–Kier alpha value is -2.92. The van der Waals surface area contributed by atoms with Gasteiger partial charge in [-0.1, -0.05) is 37.3 Å². The van der Waals surface area contributed by atoms with E-state index in [0.717, 1.165) is 0 Å². The van der Waals surface area contributed by atoms with Crippen molar-refractivity contribution >= 4 is 5.69 Å². The summed E-state index contributed by atoms with van der Waals surface area (Å²) in [6.45, 7) is 1.77. The Morgan fingerprint density at radius 3 is 2.32 bits per heavy atom. The Kier molecular flexibility index (Phi) is 8.93. The molecule has 11 heteroatoms. The maximum Gasteiger partial charge on any atom is 0.417 e. The van der Waals surface area contributed by atoms with E-state index in [4.69, 9.17) is 9.47 Å². The van der Waals surface area contributed by atoms with E-state index in [1.54, 1.807) is 37.3 Å². The lowest BCUT2D eigenvalue weighted by Gasteiger charge is -2.37. The number of aliphatic hydroxyl groups is 2. The zero-order chi connectivity index (χ0) is 28.2. The number of halogens is 6. The van der Waals surface area contributed by atoms with E-state index in [9.17, 15) is 36.6 Å². The maximum atomic E-state index is 13.3. The molecule has 0 aromatic heterocycles. The van der Waals surface area contributed by atoms with Gasteiger partial charge in [0.05, 0.1) is 6.54 Å². The molecule has 0 radical (unpaired) electrons. The molecule has 5 nitrogen and oxygen atoms in total. The van der Waals surface area contributed by atoms with Gasteiger partial charge in [-0.05, 0) is 43.7 Å². The highest BCUT2D eigenvalue weighted by molar-refractivity contribution is 5.52. The van der Waals surface area contributed by atoms with Crippen LogP contribution in [0.1, 0.15) is 26.7 Å². The lowest BCUT2D eigenvalue weighted by molar-refractivity contribution is -0.214. The summed E-state index contributed by atoms with van der Waals surface area (Å²) in [7, 11) is 0. The van der Waals surface area contributed by atoms with Gasteiger partial charge in [-0.3, -0.25) is 0 Å². The molecular formula is C27H31F6NO4. The van der Waals surface area contributed by atoms with E-state index < -0.39 is 48.7 Å². The van der Waals surface area contributed by atoms with Crippen molar-refractivity contribution in [1.29, 1.82) is 0 Å². The van der Waals surface area contributed by atoms with Crippen LogP contribution in [0, 0.1) is 5.41 Å². The number of nitrogens with zero attached hydrogens (tertiary/aromatic N) is 1. The predicted octanol–water partition coefficient (Wildman–Crippen LogP) is 5.86. The first-order chi connectivity index (χ1) is 17.6. The molecule has 2 N–H and O–H groups in total. The smallest absolute Gasteiger partial charge is 0.417 e. The molecule has 2 aliphatic carbocycles. The third kappa shape index (κ3) is 8.29. The van der Waals surface area contributed by atoms with Crippen molar-refractivity contribution in [3.05, 3.63) is 72.6 Å². The van der Waals surface area contributed by atoms with E-state index in [0.29, 0.717) is 24.3 Å². The normalized spacial score (nSPS) is 25.1. The van der Waals surface area contributed by atoms with Gasteiger partial charge in [-0.25, -0.2) is 0 Å². The van der Waals surface area contributed by atoms with Crippen molar-refractivity contribution in [3.8, 4) is 5.75 Å². The Labute approximate surface area is 217 Å². The summed E-state index contributed by atoms with van der Waals surface area (Å²) < 4.78 is 89.0. The number of anilines is 1. The topological polar surface area (TPSA) is 62.2 Å². The summed E-state index contributed by atoms with van der Waals surface area (Å²) in [4.78, 5) is 1.36. The third-order valence-corrected chi connectivity index (χ3v) is 6.22. The van der Waals surface area contributed by atoms with Crippen LogP contribution in [0.2, 0.25) is 0 Å². The molecule has 0 saturated heterocycles. The van der Waals surface area contributed by atoms with Crippen LogP contribution in [0.25, 0.3) is 0 Å². The minimum atomic E-state index is -4.86. The van der Waals surface area contributed by atoms with Gasteiger partial charge in [0, 0.05) is 30.1 Å². The van der Waals surface area contributed by atoms with Crippen molar-refractivity contribution in [3.63, 3.8) is 0 Å². The van der Waals surface area contributed by atoms with E-state index in [2.05, 4.69) is 0 Å². The number of alkyl halides is 6. The second kappa shape index (κ2) is 11.4. The predicted molar refractivity (Wildman–Crippen MR) is 131 cm³/mol. The van der Waals surface area contributed by atoms with E-state index in [-0.39, 0.29) is 12.3 Å². The van der Waals surface area contributed by atoms with Gasteiger partial charge < -0.3 is 24.6 Å². The molecule has 0 heterocycles. The molecule has 0 spiro atoms. The molecule has 0 amide bonds. The summed E-state index contributed by atoms with van der Waals surface area (Å²) in [5.41, 5.74) is -1.14. The summed E-state index contributed by atoms with van der Waals surface area (Å²) >= 11 is 0. The SMILES string of the molecule is CC1(CN(CC(O)C(F)(F)F)c2cccc(OC3(C)C=CC=CC3)c2)C=C(OCC(O)C(F)(F)F)C=CC1. The van der Waals surface area contributed by atoms with E-state index in [1.165, 1.54) is 17.1 Å². The molecular weight excluding hydrogens is 516 g/mol. The van der Waals surface area contributed by atoms with E-state index >= 15 is 0 Å². The fourth-order valence-corrected chi connectivity index (χ4v) is 4.17. The van der Waals surface area contributed by atoms with Crippen LogP contribution in [0.5, 0.6) is 5.75 Å². The van der Waals surface area contributed by atoms with Gasteiger partial charge in [0.15, 0.2) is 12.2 Å². The Balaban J connectivity index is 1.83. The molecule has 4 unspecified atom stereocenters. The summed E-state index contributed by atoms with van der Waals surface area (Å²) in [6, 6.07) is 6.50. The van der Waals surface area contributed by atoms with Crippen molar-refractivity contribution in [2.75, 3.05) is 24.6 Å². The lowest BCUT2D eigenvalue weighted by Crippen LogP contribution is -2.45. The molecule has 2 aliphatic rings. The van der Waals surface area contributed by atoms with Crippen LogP contribution in [0.4, 0.5) is 32.0 Å². The van der Waals surface area contributed by atoms with Crippen molar-refractivity contribution in [1.82, 2.24) is 0 Å². The van der Waals surface area contributed by atoms with E-state index in [1.807, 2.05) is 31.2 Å². The van der Waals surface area contributed by atoms with Gasteiger partial charge in [0.2, 0.25) is 0 Å². The molecule has 0 saturated carbocycles. The second-order valence-electron chi connectivity index (χ2n) is 10.0. The standard InChI is InChI=1S/C27H31F6NO4/c1-24(11-7-10-21(15-24)37-17-23(36)27(31,32)33)18-34(16-22(35)26(28,29)30)19-8-6-9-20(14-19)38-25(2)12-4-3-5-13-25/h3-10,12,14-15,22-23,35-36H,11,13,16-18H2,1-2H3. The van der Waals surface area contributed by atoms with Gasteiger partial charge >= 0.3 is 12.4 Å². The highest BCUT2D eigenvalue weighted by Crippen LogP contribution is 2.36. The quantitative estimate of drug-likeness (QED) is 0.360. The zero-order valence-electron chi connectivity index (χ0n) is 21.0. The van der Waals surface area contributed by atoms with Gasteiger partial charge in [-0.15, -0.1) is 0 Å². The molecule has 1 aromatic rings. The Bertz CT molecular complexity index is 1080. The van der Waals surface area contributed by atoms with Gasteiger partial charge in [0.1, 0.15) is 23.7 Å². The number of benzene rings is 1. The number of hydrogen-bond acceptors (Lipinski definition) is 5. The molecule has 1 aromatic carbocycles. The first kappa shape index (κ1) is 29.6. The monoisotopic (exact) mass is 547 g/mol. The van der Waals surface area contributed by atoms with Crippen LogP contribution in [0.3, 0.4) is 0 Å². The average molecular weight is 548 g/mol. The third-order valence-electron chi connectivity index (χ3n) is 6.22. The number of allylic oxidation sites excluding steroid dienone is 4. The average Bonchev–Trinajstić information content (AvgIpc) is 2.81. The highest BCUT2D eigenvalue weighted by atomic mass is 19.4. The maximum absolute atomic E-state index is 13.3. The molecule has 210 valence electrons. The minimum absolute atomic E-state index is 0.0253. The van der Waals surface area contributed by atoms with Crippen LogP contribution >= 0.6 is 0 Å². The number of rotatable bonds is 10. The first-order valence-electron chi connectivity index (χ1n) is 12.0. The largest absolute Gasteiger partial charge is 0.491 e. The van der Waals surface area contributed by atoms with Crippen LogP contribution in [-0.4, -0.2) is 60.1 Å². The minimum Gasteiger partial charge on any atom is -0.491 e. The first-order valence-corrected chi connectivity index (χ1v) is 12.0. The lowest BCUT2D eigenvalue weighted by atomic mass is 9.82. The number of hydrogen-bond donors (Lipinski definition) is 2. The van der Waals surface area contributed by atoms with Gasteiger partial charge in [-0.2, -0.15) is 26.3 Å². The Morgan fingerprint density at radius 2 is 1.68 bits per heavy atom. The number of ether oxygens (including phenoxy) is 2. The van der Waals surface area contributed by atoms with Crippen LogP contribution in [0.15, 0.2) is 72.6 Å². The molecule has 4 atom stereocenters. The molecule has 0 bridgehead atoms. The van der Waals surface area contributed by atoms with Crippen molar-refractivity contribution in [2.24, 2.45) is 5.41 Å². The Morgan fingerprint density at radius 1 is 0.974 bits per heavy atom.